The molecule has 2 unspecified atom stereocenters. The van der Waals surface area contributed by atoms with E-state index >= 15 is 0 Å². The van der Waals surface area contributed by atoms with Crippen LogP contribution in [0.5, 0.6) is 0 Å². The van der Waals surface area contributed by atoms with Gasteiger partial charge in [-0.3, -0.25) is 0 Å². The minimum absolute atomic E-state index is 0.423. The first-order valence-electron chi connectivity index (χ1n) is 8.03. The molecule has 1 heterocycles. The quantitative estimate of drug-likeness (QED) is 0.815. The third kappa shape index (κ3) is 5.29. The first kappa shape index (κ1) is 15.6. The summed E-state index contributed by atoms with van der Waals surface area (Å²) in [5, 5.41) is 3.39. The molecule has 1 saturated carbocycles. The molecule has 0 saturated heterocycles. The van der Waals surface area contributed by atoms with Crippen molar-refractivity contribution in [1.82, 2.24) is 5.32 Å². The SMILES string of the molecule is CC(C)CNCc1ccc(COC2CCCC(C)C2)o1. The van der Waals surface area contributed by atoms with Gasteiger partial charge in [-0.15, -0.1) is 0 Å². The monoisotopic (exact) mass is 279 g/mol. The van der Waals surface area contributed by atoms with Crippen molar-refractivity contribution in [3.8, 4) is 0 Å². The van der Waals surface area contributed by atoms with Crippen molar-refractivity contribution in [3.05, 3.63) is 23.7 Å². The van der Waals surface area contributed by atoms with Crippen LogP contribution in [0, 0.1) is 11.8 Å². The van der Waals surface area contributed by atoms with E-state index in [-0.39, 0.29) is 0 Å². The summed E-state index contributed by atoms with van der Waals surface area (Å²) in [5.41, 5.74) is 0. The largest absolute Gasteiger partial charge is 0.462 e. The summed E-state index contributed by atoms with van der Waals surface area (Å²) in [6, 6.07) is 4.09. The van der Waals surface area contributed by atoms with Crippen molar-refractivity contribution in [2.24, 2.45) is 11.8 Å². The van der Waals surface area contributed by atoms with Crippen molar-refractivity contribution in [1.29, 1.82) is 0 Å². The maximum atomic E-state index is 5.98. The van der Waals surface area contributed by atoms with Gasteiger partial charge in [0.1, 0.15) is 18.1 Å². The van der Waals surface area contributed by atoms with E-state index in [1.165, 1.54) is 25.7 Å². The van der Waals surface area contributed by atoms with Crippen LogP contribution in [0.15, 0.2) is 16.5 Å². The molecule has 3 heteroatoms. The highest BCUT2D eigenvalue weighted by molar-refractivity contribution is 5.06. The lowest BCUT2D eigenvalue weighted by Crippen LogP contribution is -2.21. The van der Waals surface area contributed by atoms with E-state index in [1.807, 2.05) is 6.07 Å². The van der Waals surface area contributed by atoms with E-state index in [0.717, 1.165) is 30.5 Å². The fourth-order valence-electron chi connectivity index (χ4n) is 2.81. The van der Waals surface area contributed by atoms with Gasteiger partial charge in [0.2, 0.25) is 0 Å². The van der Waals surface area contributed by atoms with Crippen molar-refractivity contribution in [3.63, 3.8) is 0 Å². The number of rotatable bonds is 7. The first-order chi connectivity index (χ1) is 9.63. The van der Waals surface area contributed by atoms with Crippen LogP contribution in [0.4, 0.5) is 0 Å². The highest BCUT2D eigenvalue weighted by atomic mass is 16.5. The van der Waals surface area contributed by atoms with Gasteiger partial charge in [-0.05, 0) is 43.4 Å². The molecule has 1 aromatic heterocycles. The second kappa shape index (κ2) is 7.84. The van der Waals surface area contributed by atoms with E-state index in [9.17, 15) is 0 Å². The lowest BCUT2D eigenvalue weighted by atomic mass is 9.89. The number of hydrogen-bond acceptors (Lipinski definition) is 3. The summed E-state index contributed by atoms with van der Waals surface area (Å²) >= 11 is 0. The standard InChI is InChI=1S/C17H29NO2/c1-13(2)10-18-11-16-7-8-17(20-16)12-19-15-6-4-5-14(3)9-15/h7-8,13-15,18H,4-6,9-12H2,1-3H3. The summed E-state index contributed by atoms with van der Waals surface area (Å²) in [6.07, 6.45) is 5.48. The Labute approximate surface area is 123 Å². The molecule has 3 nitrogen and oxygen atoms in total. The van der Waals surface area contributed by atoms with Crippen LogP contribution >= 0.6 is 0 Å². The van der Waals surface area contributed by atoms with Crippen LogP contribution in [0.25, 0.3) is 0 Å². The van der Waals surface area contributed by atoms with Gasteiger partial charge in [-0.25, -0.2) is 0 Å². The number of hydrogen-bond donors (Lipinski definition) is 1. The zero-order chi connectivity index (χ0) is 14.4. The second-order valence-corrected chi connectivity index (χ2v) is 6.60. The van der Waals surface area contributed by atoms with Gasteiger partial charge in [-0.1, -0.05) is 33.6 Å². The van der Waals surface area contributed by atoms with Crippen LogP contribution in [0.1, 0.15) is 58.0 Å². The summed E-state index contributed by atoms with van der Waals surface area (Å²) < 4.78 is 11.8. The smallest absolute Gasteiger partial charge is 0.129 e. The molecule has 2 atom stereocenters. The zero-order valence-corrected chi connectivity index (χ0v) is 13.2. The van der Waals surface area contributed by atoms with Gasteiger partial charge in [0.15, 0.2) is 0 Å². The maximum absolute atomic E-state index is 5.98. The molecule has 20 heavy (non-hydrogen) atoms. The Hall–Kier alpha value is -0.800. The van der Waals surface area contributed by atoms with E-state index < -0.39 is 0 Å². The molecule has 0 radical (unpaired) electrons. The Balaban J connectivity index is 1.69. The Bertz CT molecular complexity index is 386. The number of nitrogens with one attached hydrogen (secondary N) is 1. The Morgan fingerprint density at radius 3 is 2.85 bits per heavy atom. The molecule has 1 aliphatic rings. The van der Waals surface area contributed by atoms with Gasteiger partial charge in [0, 0.05) is 0 Å². The predicted octanol–water partition coefficient (Wildman–Crippen LogP) is 4.12. The molecule has 0 spiro atoms. The molecule has 1 aliphatic carbocycles. The molecule has 0 aliphatic heterocycles. The lowest BCUT2D eigenvalue weighted by Gasteiger charge is -2.26. The summed E-state index contributed by atoms with van der Waals surface area (Å²) in [4.78, 5) is 0. The Morgan fingerprint density at radius 2 is 2.10 bits per heavy atom. The molecular formula is C17H29NO2. The minimum Gasteiger partial charge on any atom is -0.462 e. The van der Waals surface area contributed by atoms with Crippen LogP contribution in [0.2, 0.25) is 0 Å². The van der Waals surface area contributed by atoms with Crippen LogP contribution in [0.3, 0.4) is 0 Å². The summed E-state index contributed by atoms with van der Waals surface area (Å²) in [5.74, 6) is 3.42. The summed E-state index contributed by atoms with van der Waals surface area (Å²) in [6.45, 7) is 9.17. The van der Waals surface area contributed by atoms with E-state index in [0.29, 0.717) is 18.6 Å². The molecule has 114 valence electrons. The highest BCUT2D eigenvalue weighted by Gasteiger charge is 2.19. The van der Waals surface area contributed by atoms with Gasteiger partial charge in [-0.2, -0.15) is 0 Å². The maximum Gasteiger partial charge on any atom is 0.129 e. The molecule has 1 fully saturated rings. The second-order valence-electron chi connectivity index (χ2n) is 6.60. The van der Waals surface area contributed by atoms with E-state index in [1.54, 1.807) is 0 Å². The number of ether oxygens (including phenoxy) is 1. The Morgan fingerprint density at radius 1 is 1.30 bits per heavy atom. The molecule has 1 N–H and O–H groups in total. The normalized spacial score (nSPS) is 23.4. The average Bonchev–Trinajstić information content (AvgIpc) is 2.84. The third-order valence-electron chi connectivity index (χ3n) is 3.92. The van der Waals surface area contributed by atoms with Crippen LogP contribution in [-0.2, 0) is 17.9 Å². The fourth-order valence-corrected chi connectivity index (χ4v) is 2.81. The third-order valence-corrected chi connectivity index (χ3v) is 3.92. The van der Waals surface area contributed by atoms with Crippen molar-refractivity contribution < 1.29 is 9.15 Å². The minimum atomic E-state index is 0.423. The van der Waals surface area contributed by atoms with Crippen molar-refractivity contribution in [2.75, 3.05) is 6.54 Å². The van der Waals surface area contributed by atoms with Crippen molar-refractivity contribution in [2.45, 2.75) is 65.7 Å². The lowest BCUT2D eigenvalue weighted by molar-refractivity contribution is -0.00300. The fraction of sp³-hybridized carbons (Fsp3) is 0.765. The predicted molar refractivity (Wildman–Crippen MR) is 81.5 cm³/mol. The molecule has 1 aromatic rings. The molecule has 0 amide bonds. The molecule has 0 aromatic carbocycles. The molecule has 2 rings (SSSR count). The topological polar surface area (TPSA) is 34.4 Å². The average molecular weight is 279 g/mol. The van der Waals surface area contributed by atoms with Crippen LogP contribution in [-0.4, -0.2) is 12.6 Å². The number of furan rings is 1. The summed E-state index contributed by atoms with van der Waals surface area (Å²) in [7, 11) is 0. The van der Waals surface area contributed by atoms with Crippen LogP contribution < -0.4 is 5.32 Å². The van der Waals surface area contributed by atoms with Gasteiger partial charge < -0.3 is 14.5 Å². The van der Waals surface area contributed by atoms with Gasteiger partial charge in [0.25, 0.3) is 0 Å². The zero-order valence-electron chi connectivity index (χ0n) is 13.2. The van der Waals surface area contributed by atoms with Crippen molar-refractivity contribution >= 4 is 0 Å². The highest BCUT2D eigenvalue weighted by Crippen LogP contribution is 2.26. The van der Waals surface area contributed by atoms with Gasteiger partial charge in [0.05, 0.1) is 12.6 Å². The Kier molecular flexibility index (Phi) is 6.11. The van der Waals surface area contributed by atoms with Gasteiger partial charge >= 0.3 is 0 Å². The van der Waals surface area contributed by atoms with E-state index in [2.05, 4.69) is 32.2 Å². The van der Waals surface area contributed by atoms with E-state index in [4.69, 9.17) is 9.15 Å². The first-order valence-corrected chi connectivity index (χ1v) is 8.03. The molecular weight excluding hydrogens is 250 g/mol. The molecule has 0 bridgehead atoms.